The molecule has 2 aromatic rings. The van der Waals surface area contributed by atoms with Crippen molar-refractivity contribution in [1.29, 1.82) is 0 Å². The van der Waals surface area contributed by atoms with E-state index in [1.54, 1.807) is 36.4 Å². The fourth-order valence-corrected chi connectivity index (χ4v) is 1.69. The first-order valence-electron chi connectivity index (χ1n) is 5.17. The van der Waals surface area contributed by atoms with Gasteiger partial charge >= 0.3 is 0 Å². The maximum Gasteiger partial charge on any atom is 0.249 e. The molecule has 1 amide bonds. The summed E-state index contributed by atoms with van der Waals surface area (Å²) < 4.78 is 0. The molecule has 0 fully saturated rings. The first-order valence-corrected chi connectivity index (χ1v) is 5.17. The van der Waals surface area contributed by atoms with Crippen LogP contribution in [0.25, 0.3) is 11.1 Å². The number of amides is 1. The zero-order valence-corrected chi connectivity index (χ0v) is 9.09. The van der Waals surface area contributed by atoms with Gasteiger partial charge in [-0.3, -0.25) is 9.59 Å². The van der Waals surface area contributed by atoms with Gasteiger partial charge in [0.15, 0.2) is 0 Å². The van der Waals surface area contributed by atoms with Crippen molar-refractivity contribution in [2.24, 2.45) is 5.73 Å². The summed E-state index contributed by atoms with van der Waals surface area (Å²) in [5.74, 6) is -0.458. The van der Waals surface area contributed by atoms with Crippen LogP contribution in [0.15, 0.2) is 48.5 Å². The highest BCUT2D eigenvalue weighted by Crippen LogP contribution is 2.23. The second-order valence-corrected chi connectivity index (χ2v) is 3.65. The minimum atomic E-state index is -0.458. The fourth-order valence-electron chi connectivity index (χ4n) is 1.69. The monoisotopic (exact) mass is 225 g/mol. The largest absolute Gasteiger partial charge is 0.366 e. The Bertz CT molecular complexity index is 559. The molecule has 0 aliphatic rings. The normalized spacial score (nSPS) is 9.88. The van der Waals surface area contributed by atoms with Crippen molar-refractivity contribution in [3.8, 4) is 11.1 Å². The lowest BCUT2D eigenvalue weighted by molar-refractivity contribution is 0.100. The number of carbonyl (C=O) groups is 2. The maximum atomic E-state index is 11.3. The van der Waals surface area contributed by atoms with E-state index in [0.717, 1.165) is 17.4 Å². The highest BCUT2D eigenvalue weighted by molar-refractivity contribution is 5.99. The summed E-state index contributed by atoms with van der Waals surface area (Å²) in [6.45, 7) is 0. The summed E-state index contributed by atoms with van der Waals surface area (Å²) in [6, 6.07) is 14.1. The average molecular weight is 225 g/mol. The van der Waals surface area contributed by atoms with Gasteiger partial charge in [0.1, 0.15) is 6.29 Å². The maximum absolute atomic E-state index is 11.3. The zero-order valence-electron chi connectivity index (χ0n) is 9.09. The molecule has 0 bridgehead atoms. The molecule has 0 unspecified atom stereocenters. The van der Waals surface area contributed by atoms with Crippen LogP contribution in [0.2, 0.25) is 0 Å². The van der Waals surface area contributed by atoms with Crippen LogP contribution in [-0.2, 0) is 0 Å². The number of nitrogens with two attached hydrogens (primary N) is 1. The number of hydrogen-bond acceptors (Lipinski definition) is 2. The molecule has 0 aliphatic heterocycles. The molecule has 0 saturated carbocycles. The molecule has 2 aromatic carbocycles. The van der Waals surface area contributed by atoms with E-state index >= 15 is 0 Å². The number of aldehydes is 1. The van der Waals surface area contributed by atoms with E-state index < -0.39 is 5.91 Å². The molecule has 0 atom stereocenters. The van der Waals surface area contributed by atoms with E-state index in [1.165, 1.54) is 0 Å². The first kappa shape index (κ1) is 11.1. The van der Waals surface area contributed by atoms with Gasteiger partial charge in [0, 0.05) is 11.1 Å². The third-order valence-corrected chi connectivity index (χ3v) is 2.55. The molecule has 2 N–H and O–H groups in total. The Labute approximate surface area is 98.9 Å². The lowest BCUT2D eigenvalue weighted by Crippen LogP contribution is -2.12. The van der Waals surface area contributed by atoms with Gasteiger partial charge in [-0.05, 0) is 17.2 Å². The van der Waals surface area contributed by atoms with Gasteiger partial charge in [-0.15, -0.1) is 0 Å². The lowest BCUT2D eigenvalue weighted by Gasteiger charge is -2.06. The summed E-state index contributed by atoms with van der Waals surface area (Å²) in [5, 5.41) is 0. The van der Waals surface area contributed by atoms with Crippen LogP contribution in [-0.4, -0.2) is 12.2 Å². The predicted molar refractivity (Wildman–Crippen MR) is 65.8 cm³/mol. The van der Waals surface area contributed by atoms with Crippen LogP contribution in [0.1, 0.15) is 20.7 Å². The van der Waals surface area contributed by atoms with Crippen molar-refractivity contribution in [3.05, 3.63) is 59.7 Å². The molecule has 0 radical (unpaired) electrons. The summed E-state index contributed by atoms with van der Waals surface area (Å²) >= 11 is 0. The van der Waals surface area contributed by atoms with Crippen LogP contribution < -0.4 is 5.73 Å². The highest BCUT2D eigenvalue weighted by Gasteiger charge is 2.08. The number of hydrogen-bond donors (Lipinski definition) is 1. The summed E-state index contributed by atoms with van der Waals surface area (Å²) in [6.07, 6.45) is 0.782. The SMILES string of the molecule is NC(=O)c1ccccc1-c1ccc(C=O)cc1. The van der Waals surface area contributed by atoms with Gasteiger partial charge in [0.2, 0.25) is 5.91 Å². The smallest absolute Gasteiger partial charge is 0.249 e. The molecule has 0 aliphatic carbocycles. The molecule has 3 heteroatoms. The molecule has 84 valence electrons. The molecular formula is C14H11NO2. The quantitative estimate of drug-likeness (QED) is 0.814. The number of primary amides is 1. The molecule has 3 nitrogen and oxygen atoms in total. The summed E-state index contributed by atoms with van der Waals surface area (Å²) in [5.41, 5.74) is 8.03. The molecule has 0 saturated heterocycles. The number of rotatable bonds is 3. The van der Waals surface area contributed by atoms with Crippen LogP contribution >= 0.6 is 0 Å². The Balaban J connectivity index is 2.52. The third-order valence-electron chi connectivity index (χ3n) is 2.55. The van der Waals surface area contributed by atoms with Crippen LogP contribution in [0.5, 0.6) is 0 Å². The standard InChI is InChI=1S/C14H11NO2/c15-14(17)13-4-2-1-3-12(13)11-7-5-10(9-16)6-8-11/h1-9H,(H2,15,17). The van der Waals surface area contributed by atoms with E-state index in [2.05, 4.69) is 0 Å². The summed E-state index contributed by atoms with van der Waals surface area (Å²) in [7, 11) is 0. The van der Waals surface area contributed by atoms with Crippen molar-refractivity contribution in [2.45, 2.75) is 0 Å². The van der Waals surface area contributed by atoms with Crippen molar-refractivity contribution in [3.63, 3.8) is 0 Å². The van der Waals surface area contributed by atoms with Crippen molar-refractivity contribution in [1.82, 2.24) is 0 Å². The number of carbonyl (C=O) groups excluding carboxylic acids is 2. The van der Waals surface area contributed by atoms with Gasteiger partial charge in [0.25, 0.3) is 0 Å². The molecular weight excluding hydrogens is 214 g/mol. The first-order chi connectivity index (χ1) is 8.22. The van der Waals surface area contributed by atoms with Gasteiger partial charge in [0.05, 0.1) is 0 Å². The minimum Gasteiger partial charge on any atom is -0.366 e. The van der Waals surface area contributed by atoms with Crippen LogP contribution in [0.4, 0.5) is 0 Å². The van der Waals surface area contributed by atoms with E-state index in [1.807, 2.05) is 12.1 Å². The second-order valence-electron chi connectivity index (χ2n) is 3.65. The molecule has 17 heavy (non-hydrogen) atoms. The van der Waals surface area contributed by atoms with Crippen LogP contribution in [0.3, 0.4) is 0 Å². The van der Waals surface area contributed by atoms with Gasteiger partial charge in [-0.1, -0.05) is 42.5 Å². The van der Waals surface area contributed by atoms with Gasteiger partial charge in [-0.2, -0.15) is 0 Å². The van der Waals surface area contributed by atoms with Gasteiger partial charge in [-0.25, -0.2) is 0 Å². The topological polar surface area (TPSA) is 60.2 Å². The second kappa shape index (κ2) is 4.61. The van der Waals surface area contributed by atoms with E-state index in [0.29, 0.717) is 11.1 Å². The third kappa shape index (κ3) is 2.23. The molecule has 0 heterocycles. The highest BCUT2D eigenvalue weighted by atomic mass is 16.1. The predicted octanol–water partition coefficient (Wildman–Crippen LogP) is 2.27. The van der Waals surface area contributed by atoms with Crippen molar-refractivity contribution in [2.75, 3.05) is 0 Å². The summed E-state index contributed by atoms with van der Waals surface area (Å²) in [4.78, 5) is 21.8. The van der Waals surface area contributed by atoms with Crippen LogP contribution in [0, 0.1) is 0 Å². The minimum absolute atomic E-state index is 0.458. The Morgan fingerprint density at radius 2 is 1.65 bits per heavy atom. The van der Waals surface area contributed by atoms with Gasteiger partial charge < -0.3 is 5.73 Å². The Hall–Kier alpha value is -2.42. The number of benzene rings is 2. The zero-order chi connectivity index (χ0) is 12.3. The Morgan fingerprint density at radius 1 is 1.00 bits per heavy atom. The Kier molecular flexibility index (Phi) is 3.01. The molecule has 0 spiro atoms. The van der Waals surface area contributed by atoms with E-state index in [4.69, 9.17) is 5.73 Å². The fraction of sp³-hybridized carbons (Fsp3) is 0. The Morgan fingerprint density at radius 3 is 2.24 bits per heavy atom. The van der Waals surface area contributed by atoms with E-state index in [9.17, 15) is 9.59 Å². The molecule has 2 rings (SSSR count). The molecule has 0 aromatic heterocycles. The average Bonchev–Trinajstić information content (AvgIpc) is 2.39. The van der Waals surface area contributed by atoms with E-state index in [-0.39, 0.29) is 0 Å². The van der Waals surface area contributed by atoms with Crippen molar-refractivity contribution < 1.29 is 9.59 Å². The lowest BCUT2D eigenvalue weighted by atomic mass is 9.98. The van der Waals surface area contributed by atoms with Crippen molar-refractivity contribution >= 4 is 12.2 Å².